The largest absolute Gasteiger partial charge is 0.313 e. The van der Waals surface area contributed by atoms with Crippen molar-refractivity contribution >= 4 is 10.9 Å². The molecule has 1 aromatic heterocycles. The second kappa shape index (κ2) is 6.15. The summed E-state index contributed by atoms with van der Waals surface area (Å²) >= 11 is 0. The average Bonchev–Trinajstić information content (AvgIpc) is 2.90. The van der Waals surface area contributed by atoms with Crippen LogP contribution in [0.4, 0.5) is 0 Å². The number of nitrogens with zero attached hydrogens (tertiary/aromatic N) is 1. The highest BCUT2D eigenvalue weighted by Crippen LogP contribution is 2.32. The molecule has 2 aromatic rings. The minimum Gasteiger partial charge on any atom is -0.313 e. The highest BCUT2D eigenvalue weighted by molar-refractivity contribution is 5.87. The van der Waals surface area contributed by atoms with E-state index >= 15 is 0 Å². The van der Waals surface area contributed by atoms with E-state index in [0.29, 0.717) is 0 Å². The van der Waals surface area contributed by atoms with E-state index in [2.05, 4.69) is 38.2 Å². The Balaban J connectivity index is 2.06. The van der Waals surface area contributed by atoms with Crippen LogP contribution in [0.1, 0.15) is 54.1 Å². The number of unbranched alkanes of at least 4 members (excludes halogenated alkanes) is 1. The van der Waals surface area contributed by atoms with Gasteiger partial charge in [0, 0.05) is 17.6 Å². The second-order valence-electron chi connectivity index (χ2n) is 6.38. The van der Waals surface area contributed by atoms with Crippen molar-refractivity contribution in [3.05, 3.63) is 40.1 Å². The van der Waals surface area contributed by atoms with E-state index in [1.54, 1.807) is 0 Å². The van der Waals surface area contributed by atoms with E-state index in [-0.39, 0.29) is 0 Å². The van der Waals surface area contributed by atoms with Crippen LogP contribution in [0, 0.1) is 13.8 Å². The first-order valence-corrected chi connectivity index (χ1v) is 8.33. The van der Waals surface area contributed by atoms with Gasteiger partial charge in [-0.05, 0) is 74.4 Å². The third-order valence-electron chi connectivity index (χ3n) is 4.58. The number of aromatic nitrogens is 1. The van der Waals surface area contributed by atoms with Gasteiger partial charge in [0.05, 0.1) is 5.52 Å². The van der Waals surface area contributed by atoms with Gasteiger partial charge in [0.1, 0.15) is 0 Å². The van der Waals surface area contributed by atoms with E-state index < -0.39 is 0 Å². The topological polar surface area (TPSA) is 24.9 Å². The van der Waals surface area contributed by atoms with Crippen LogP contribution in [0.5, 0.6) is 0 Å². The summed E-state index contributed by atoms with van der Waals surface area (Å²) in [6.45, 7) is 8.74. The molecule has 3 rings (SSSR count). The highest BCUT2D eigenvalue weighted by atomic mass is 14.9. The fourth-order valence-corrected chi connectivity index (χ4v) is 3.61. The molecule has 0 atom stereocenters. The van der Waals surface area contributed by atoms with Crippen LogP contribution < -0.4 is 5.32 Å². The Bertz CT molecular complexity index is 658. The number of benzene rings is 1. The van der Waals surface area contributed by atoms with Gasteiger partial charge in [-0.2, -0.15) is 0 Å². The minimum absolute atomic E-state index is 0.991. The number of nitrogens with one attached hydrogen (secondary N) is 1. The molecule has 0 saturated heterocycles. The SMILES string of the molecule is CCCCNCc1c2c(nc3cc(C)cc(C)c13)CCC2. The molecule has 0 radical (unpaired) electrons. The molecule has 0 spiro atoms. The van der Waals surface area contributed by atoms with Crippen molar-refractivity contribution < 1.29 is 0 Å². The monoisotopic (exact) mass is 282 g/mol. The molecule has 0 saturated carbocycles. The Morgan fingerprint density at radius 3 is 2.86 bits per heavy atom. The normalized spacial score (nSPS) is 13.9. The Labute approximate surface area is 128 Å². The molecule has 0 fully saturated rings. The zero-order valence-electron chi connectivity index (χ0n) is 13.6. The molecule has 1 aromatic carbocycles. The van der Waals surface area contributed by atoms with Crippen LogP contribution in [0.2, 0.25) is 0 Å². The fourth-order valence-electron chi connectivity index (χ4n) is 3.61. The molecule has 1 N–H and O–H groups in total. The molecule has 2 heteroatoms. The molecule has 0 unspecified atom stereocenters. The van der Waals surface area contributed by atoms with E-state index in [1.807, 2.05) is 0 Å². The predicted molar refractivity (Wildman–Crippen MR) is 89.9 cm³/mol. The summed E-state index contributed by atoms with van der Waals surface area (Å²) in [5.74, 6) is 0. The lowest BCUT2D eigenvalue weighted by Crippen LogP contribution is -2.16. The van der Waals surface area contributed by atoms with Crippen LogP contribution in [0.25, 0.3) is 10.9 Å². The molecule has 1 aliphatic rings. The molecular formula is C19H26N2. The molecule has 0 aliphatic heterocycles. The molecule has 21 heavy (non-hydrogen) atoms. The van der Waals surface area contributed by atoms with Gasteiger partial charge in [0.2, 0.25) is 0 Å². The number of pyridine rings is 1. The summed E-state index contributed by atoms with van der Waals surface area (Å²) in [7, 11) is 0. The van der Waals surface area contributed by atoms with Crippen LogP contribution in [-0.4, -0.2) is 11.5 Å². The zero-order chi connectivity index (χ0) is 14.8. The summed E-state index contributed by atoms with van der Waals surface area (Å²) in [6.07, 6.45) is 6.12. The van der Waals surface area contributed by atoms with Crippen molar-refractivity contribution in [3.63, 3.8) is 0 Å². The number of hydrogen-bond donors (Lipinski definition) is 1. The van der Waals surface area contributed by atoms with Gasteiger partial charge in [-0.15, -0.1) is 0 Å². The van der Waals surface area contributed by atoms with Crippen LogP contribution in [-0.2, 0) is 19.4 Å². The second-order valence-corrected chi connectivity index (χ2v) is 6.38. The summed E-state index contributed by atoms with van der Waals surface area (Å²) in [5.41, 5.74) is 8.27. The van der Waals surface area contributed by atoms with Crippen LogP contribution in [0.15, 0.2) is 12.1 Å². The molecule has 0 bridgehead atoms. The standard InChI is InChI=1S/C19H26N2/c1-4-5-9-20-12-16-15-7-6-8-17(15)21-18-11-13(2)10-14(3)19(16)18/h10-11,20H,4-9,12H2,1-3H3. The van der Waals surface area contributed by atoms with Gasteiger partial charge in [0.15, 0.2) is 0 Å². The predicted octanol–water partition coefficient (Wildman–Crippen LogP) is 4.23. The van der Waals surface area contributed by atoms with Gasteiger partial charge in [-0.25, -0.2) is 0 Å². The van der Waals surface area contributed by atoms with Crippen molar-refractivity contribution in [1.82, 2.24) is 10.3 Å². The number of rotatable bonds is 5. The minimum atomic E-state index is 0.991. The summed E-state index contributed by atoms with van der Waals surface area (Å²) in [6, 6.07) is 4.54. The van der Waals surface area contributed by atoms with E-state index in [9.17, 15) is 0 Å². The maximum atomic E-state index is 4.95. The average molecular weight is 282 g/mol. The van der Waals surface area contributed by atoms with Gasteiger partial charge in [0.25, 0.3) is 0 Å². The van der Waals surface area contributed by atoms with Crippen molar-refractivity contribution in [3.8, 4) is 0 Å². The van der Waals surface area contributed by atoms with E-state index in [1.165, 1.54) is 64.5 Å². The van der Waals surface area contributed by atoms with Crippen molar-refractivity contribution in [2.24, 2.45) is 0 Å². The van der Waals surface area contributed by atoms with E-state index in [4.69, 9.17) is 4.98 Å². The smallest absolute Gasteiger partial charge is 0.0714 e. The molecule has 1 aliphatic carbocycles. The molecule has 0 amide bonds. The summed E-state index contributed by atoms with van der Waals surface area (Å²) in [4.78, 5) is 4.95. The molecule has 112 valence electrons. The lowest BCUT2D eigenvalue weighted by molar-refractivity contribution is 0.640. The fraction of sp³-hybridized carbons (Fsp3) is 0.526. The first-order chi connectivity index (χ1) is 10.2. The Kier molecular flexibility index (Phi) is 4.25. The van der Waals surface area contributed by atoms with Gasteiger partial charge >= 0.3 is 0 Å². The molecule has 2 nitrogen and oxygen atoms in total. The quantitative estimate of drug-likeness (QED) is 0.830. The lowest BCUT2D eigenvalue weighted by Gasteiger charge is -2.16. The summed E-state index contributed by atoms with van der Waals surface area (Å²) in [5, 5.41) is 5.03. The highest BCUT2D eigenvalue weighted by Gasteiger charge is 2.20. The number of fused-ring (bicyclic) bond motifs is 2. The zero-order valence-corrected chi connectivity index (χ0v) is 13.6. The van der Waals surface area contributed by atoms with Crippen molar-refractivity contribution in [2.45, 2.75) is 59.4 Å². The van der Waals surface area contributed by atoms with Crippen molar-refractivity contribution in [2.75, 3.05) is 6.54 Å². The number of aryl methyl sites for hydroxylation is 3. The summed E-state index contributed by atoms with van der Waals surface area (Å²) < 4.78 is 0. The van der Waals surface area contributed by atoms with Crippen molar-refractivity contribution in [1.29, 1.82) is 0 Å². The Hall–Kier alpha value is -1.41. The third-order valence-corrected chi connectivity index (χ3v) is 4.58. The van der Waals surface area contributed by atoms with Gasteiger partial charge in [-0.1, -0.05) is 19.4 Å². The number of hydrogen-bond acceptors (Lipinski definition) is 2. The maximum absolute atomic E-state index is 4.95. The van der Waals surface area contributed by atoms with Gasteiger partial charge < -0.3 is 5.32 Å². The molecule has 1 heterocycles. The first kappa shape index (κ1) is 14.5. The van der Waals surface area contributed by atoms with Gasteiger partial charge in [-0.3, -0.25) is 4.98 Å². The maximum Gasteiger partial charge on any atom is 0.0714 e. The lowest BCUT2D eigenvalue weighted by atomic mass is 9.96. The third kappa shape index (κ3) is 2.82. The first-order valence-electron chi connectivity index (χ1n) is 8.33. The molecular weight excluding hydrogens is 256 g/mol. The Morgan fingerprint density at radius 2 is 2.05 bits per heavy atom. The van der Waals surface area contributed by atoms with Crippen LogP contribution >= 0.6 is 0 Å². The Morgan fingerprint density at radius 1 is 1.19 bits per heavy atom. The van der Waals surface area contributed by atoms with E-state index in [0.717, 1.165) is 19.5 Å². The van der Waals surface area contributed by atoms with Crippen LogP contribution in [0.3, 0.4) is 0 Å².